The molecule has 0 radical (unpaired) electrons. The predicted octanol–water partition coefficient (Wildman–Crippen LogP) is 2.10. The van der Waals surface area contributed by atoms with Crippen molar-refractivity contribution in [3.8, 4) is 0 Å². The Hall–Kier alpha value is -1.88. The Labute approximate surface area is 129 Å². The maximum absolute atomic E-state index is 12.5. The number of rotatable bonds is 4. The molecule has 1 aromatic rings. The second kappa shape index (κ2) is 6.08. The molecule has 1 amide bonds. The van der Waals surface area contributed by atoms with Crippen LogP contribution in [0.3, 0.4) is 0 Å². The Morgan fingerprint density at radius 3 is 2.55 bits per heavy atom. The van der Waals surface area contributed by atoms with Gasteiger partial charge in [-0.1, -0.05) is 12.1 Å². The number of carbonyl (C=O) groups is 2. The van der Waals surface area contributed by atoms with E-state index in [1.807, 2.05) is 4.90 Å². The summed E-state index contributed by atoms with van der Waals surface area (Å²) in [5.74, 6) is -0.742. The zero-order chi connectivity index (χ0) is 15.6. The Kier molecular flexibility index (Phi) is 4.16. The molecule has 5 nitrogen and oxygen atoms in total. The lowest BCUT2D eigenvalue weighted by molar-refractivity contribution is -0.158. The van der Waals surface area contributed by atoms with Gasteiger partial charge < -0.3 is 14.7 Å². The van der Waals surface area contributed by atoms with Gasteiger partial charge in [-0.05, 0) is 43.4 Å². The van der Waals surface area contributed by atoms with Crippen molar-refractivity contribution in [3.05, 3.63) is 35.4 Å². The van der Waals surface area contributed by atoms with Crippen molar-refractivity contribution >= 4 is 11.9 Å². The molecule has 0 unspecified atom stereocenters. The van der Waals surface area contributed by atoms with Crippen LogP contribution in [0.25, 0.3) is 0 Å². The zero-order valence-electron chi connectivity index (χ0n) is 12.6. The first-order valence-electron chi connectivity index (χ1n) is 7.81. The molecule has 2 aliphatic rings. The second-order valence-corrected chi connectivity index (χ2v) is 6.18. The molecule has 3 rings (SSSR count). The van der Waals surface area contributed by atoms with E-state index in [1.54, 1.807) is 24.3 Å². The number of hydrogen-bond acceptors (Lipinski definition) is 3. The van der Waals surface area contributed by atoms with E-state index in [0.717, 1.165) is 18.4 Å². The van der Waals surface area contributed by atoms with Gasteiger partial charge >= 0.3 is 5.97 Å². The smallest absolute Gasteiger partial charge is 0.335 e. The zero-order valence-corrected chi connectivity index (χ0v) is 12.6. The molecule has 0 bridgehead atoms. The summed E-state index contributed by atoms with van der Waals surface area (Å²) in [5, 5.41) is 8.88. The maximum atomic E-state index is 12.5. The van der Waals surface area contributed by atoms with E-state index >= 15 is 0 Å². The fourth-order valence-corrected chi connectivity index (χ4v) is 3.32. The molecule has 1 aliphatic heterocycles. The maximum Gasteiger partial charge on any atom is 0.335 e. The van der Waals surface area contributed by atoms with Crippen molar-refractivity contribution < 1.29 is 19.4 Å². The number of carbonyl (C=O) groups excluding carboxylic acids is 1. The average Bonchev–Trinajstić information content (AvgIpc) is 2.51. The summed E-state index contributed by atoms with van der Waals surface area (Å²) in [4.78, 5) is 25.4. The minimum Gasteiger partial charge on any atom is -0.478 e. The Morgan fingerprint density at radius 1 is 1.23 bits per heavy atom. The van der Waals surface area contributed by atoms with Crippen LogP contribution in [-0.4, -0.2) is 47.2 Å². The van der Waals surface area contributed by atoms with Crippen LogP contribution in [0, 0.1) is 0 Å². The van der Waals surface area contributed by atoms with E-state index in [-0.39, 0.29) is 17.0 Å². The average molecular weight is 303 g/mol. The highest BCUT2D eigenvalue weighted by atomic mass is 16.5. The van der Waals surface area contributed by atoms with E-state index in [0.29, 0.717) is 32.6 Å². The summed E-state index contributed by atoms with van der Waals surface area (Å²) in [6.45, 7) is 1.99. The molecule has 0 atom stereocenters. The highest BCUT2D eigenvalue weighted by Crippen LogP contribution is 2.40. The first-order valence-corrected chi connectivity index (χ1v) is 7.81. The first-order chi connectivity index (χ1) is 10.6. The monoisotopic (exact) mass is 303 g/mol. The minimum atomic E-state index is -0.928. The Morgan fingerprint density at radius 2 is 1.95 bits per heavy atom. The number of amides is 1. The van der Waals surface area contributed by atoms with Gasteiger partial charge in [-0.3, -0.25) is 4.79 Å². The van der Waals surface area contributed by atoms with E-state index in [1.165, 1.54) is 6.42 Å². The van der Waals surface area contributed by atoms with Crippen molar-refractivity contribution in [1.82, 2.24) is 4.90 Å². The molecule has 1 heterocycles. The molecular weight excluding hydrogens is 282 g/mol. The summed E-state index contributed by atoms with van der Waals surface area (Å²) >= 11 is 0. The van der Waals surface area contributed by atoms with Crippen LogP contribution in [0.5, 0.6) is 0 Å². The quantitative estimate of drug-likeness (QED) is 0.925. The van der Waals surface area contributed by atoms with Crippen molar-refractivity contribution in [3.63, 3.8) is 0 Å². The number of hydrogen-bond donors (Lipinski definition) is 1. The number of carboxylic acids is 1. The van der Waals surface area contributed by atoms with Crippen molar-refractivity contribution in [2.45, 2.75) is 37.6 Å². The highest BCUT2D eigenvalue weighted by molar-refractivity contribution is 5.87. The van der Waals surface area contributed by atoms with Gasteiger partial charge in [0.05, 0.1) is 24.3 Å². The third kappa shape index (κ3) is 2.86. The molecule has 22 heavy (non-hydrogen) atoms. The van der Waals surface area contributed by atoms with Gasteiger partial charge in [-0.25, -0.2) is 4.79 Å². The van der Waals surface area contributed by atoms with Crippen LogP contribution in [0.2, 0.25) is 0 Å². The molecule has 118 valence electrons. The Bertz CT molecular complexity index is 563. The number of aromatic carboxylic acids is 1. The van der Waals surface area contributed by atoms with Gasteiger partial charge in [0.15, 0.2) is 0 Å². The lowest BCUT2D eigenvalue weighted by Crippen LogP contribution is -2.62. The molecule has 1 N–H and O–H groups in total. The van der Waals surface area contributed by atoms with E-state index in [4.69, 9.17) is 9.84 Å². The largest absolute Gasteiger partial charge is 0.478 e. The number of ether oxygens (including phenoxy) is 1. The molecule has 0 aromatic heterocycles. The summed E-state index contributed by atoms with van der Waals surface area (Å²) in [6.07, 6.45) is 4.38. The van der Waals surface area contributed by atoms with Crippen molar-refractivity contribution in [1.29, 1.82) is 0 Å². The molecular formula is C17H21NO4. The predicted molar refractivity (Wildman–Crippen MR) is 80.8 cm³/mol. The second-order valence-electron chi connectivity index (χ2n) is 6.18. The number of carboxylic acid groups (broad SMARTS) is 1. The highest BCUT2D eigenvalue weighted by Gasteiger charge is 2.46. The number of nitrogens with zero attached hydrogens (tertiary/aromatic N) is 1. The van der Waals surface area contributed by atoms with E-state index in [9.17, 15) is 9.59 Å². The SMILES string of the molecule is O=C(O)c1ccc(CCC(=O)N2CCOCC23CCC3)cc1. The fourth-order valence-electron chi connectivity index (χ4n) is 3.32. The van der Waals surface area contributed by atoms with Gasteiger partial charge in [-0.2, -0.15) is 0 Å². The molecule has 1 aliphatic carbocycles. The van der Waals surface area contributed by atoms with Gasteiger partial charge in [-0.15, -0.1) is 0 Å². The van der Waals surface area contributed by atoms with Crippen LogP contribution in [-0.2, 0) is 16.0 Å². The van der Waals surface area contributed by atoms with Crippen molar-refractivity contribution in [2.75, 3.05) is 19.8 Å². The van der Waals surface area contributed by atoms with Crippen LogP contribution < -0.4 is 0 Å². The fraction of sp³-hybridized carbons (Fsp3) is 0.529. The van der Waals surface area contributed by atoms with Gasteiger partial charge in [0.25, 0.3) is 0 Å². The molecule has 1 aromatic carbocycles. The normalized spacial score (nSPS) is 19.7. The summed E-state index contributed by atoms with van der Waals surface area (Å²) in [5.41, 5.74) is 1.23. The molecule has 5 heteroatoms. The third-order valence-electron chi connectivity index (χ3n) is 4.82. The topological polar surface area (TPSA) is 66.8 Å². The van der Waals surface area contributed by atoms with E-state index in [2.05, 4.69) is 0 Å². The third-order valence-corrected chi connectivity index (χ3v) is 4.82. The molecule has 1 spiro atoms. The summed E-state index contributed by atoms with van der Waals surface area (Å²) < 4.78 is 5.56. The van der Waals surface area contributed by atoms with Gasteiger partial charge in [0.2, 0.25) is 5.91 Å². The number of benzene rings is 1. The van der Waals surface area contributed by atoms with Crippen LogP contribution in [0.1, 0.15) is 41.6 Å². The first kappa shape index (κ1) is 15.0. The van der Waals surface area contributed by atoms with E-state index < -0.39 is 5.97 Å². The minimum absolute atomic E-state index is 0.0392. The van der Waals surface area contributed by atoms with Crippen LogP contribution >= 0.6 is 0 Å². The number of aryl methyl sites for hydroxylation is 1. The molecule has 2 fully saturated rings. The van der Waals surface area contributed by atoms with Crippen molar-refractivity contribution in [2.24, 2.45) is 0 Å². The molecule has 1 saturated carbocycles. The lowest BCUT2D eigenvalue weighted by Gasteiger charge is -2.52. The summed E-state index contributed by atoms with van der Waals surface area (Å²) in [7, 11) is 0. The summed E-state index contributed by atoms with van der Waals surface area (Å²) in [6, 6.07) is 6.75. The standard InChI is InChI=1S/C17H21NO4/c19-15(18-10-11-22-12-17(18)8-1-9-17)7-4-13-2-5-14(6-3-13)16(20)21/h2-3,5-6H,1,4,7-12H2,(H,20,21). The van der Waals surface area contributed by atoms with Crippen LogP contribution in [0.4, 0.5) is 0 Å². The van der Waals surface area contributed by atoms with Crippen LogP contribution in [0.15, 0.2) is 24.3 Å². The Balaban J connectivity index is 1.58. The van der Waals surface area contributed by atoms with Gasteiger partial charge in [0, 0.05) is 13.0 Å². The lowest BCUT2D eigenvalue weighted by atomic mass is 9.75. The number of morpholine rings is 1. The van der Waals surface area contributed by atoms with Gasteiger partial charge in [0.1, 0.15) is 0 Å². The molecule has 1 saturated heterocycles.